The van der Waals surface area contributed by atoms with Crippen molar-refractivity contribution in [2.24, 2.45) is 0 Å². The van der Waals surface area contributed by atoms with Crippen LogP contribution in [0.5, 0.6) is 0 Å². The van der Waals surface area contributed by atoms with Crippen molar-refractivity contribution in [3.8, 4) is 0 Å². The molecule has 1 aliphatic rings. The summed E-state index contributed by atoms with van der Waals surface area (Å²) in [4.78, 5) is 21.2. The molecule has 2 heterocycles. The highest BCUT2D eigenvalue weighted by Gasteiger charge is 2.35. The minimum absolute atomic E-state index is 0.0505. The molecular formula is C17H17F2N3O2. The molecule has 0 unspecified atom stereocenters. The molecule has 0 atom stereocenters. The van der Waals surface area contributed by atoms with Crippen LogP contribution in [0.4, 0.5) is 8.78 Å². The van der Waals surface area contributed by atoms with E-state index in [0.717, 1.165) is 18.0 Å². The highest BCUT2D eigenvalue weighted by Crippen LogP contribution is 2.33. The normalized spacial score (nSPS) is 17.1. The number of hydrogen-bond donors (Lipinski definition) is 1. The van der Waals surface area contributed by atoms with Crippen LogP contribution in [0.15, 0.2) is 42.7 Å². The highest BCUT2D eigenvalue weighted by molar-refractivity contribution is 5.92. The molecule has 0 radical (unpaired) electrons. The molecule has 24 heavy (non-hydrogen) atoms. The number of nitrogens with zero attached hydrogens (tertiary/aromatic N) is 3. The van der Waals surface area contributed by atoms with Crippen LogP contribution in [0.25, 0.3) is 0 Å². The first-order valence-corrected chi connectivity index (χ1v) is 7.67. The van der Waals surface area contributed by atoms with Crippen molar-refractivity contribution in [3.63, 3.8) is 0 Å². The van der Waals surface area contributed by atoms with Gasteiger partial charge in [-0.25, -0.2) is 18.7 Å². The smallest absolute Gasteiger partial charge is 0.280 e. The van der Waals surface area contributed by atoms with Crippen LogP contribution in [0.2, 0.25) is 0 Å². The van der Waals surface area contributed by atoms with Gasteiger partial charge in [-0.2, -0.15) is 0 Å². The van der Waals surface area contributed by atoms with Gasteiger partial charge < -0.3 is 10.0 Å². The number of halogens is 2. The Kier molecular flexibility index (Phi) is 4.53. The van der Waals surface area contributed by atoms with Gasteiger partial charge in [0.05, 0.1) is 5.60 Å². The Morgan fingerprint density at radius 1 is 1.17 bits per heavy atom. The molecule has 7 heteroatoms. The molecule has 5 nitrogen and oxygen atoms in total. The fourth-order valence-corrected chi connectivity index (χ4v) is 2.89. The molecule has 0 bridgehead atoms. The van der Waals surface area contributed by atoms with Gasteiger partial charge in [-0.05, 0) is 24.5 Å². The van der Waals surface area contributed by atoms with E-state index in [1.807, 2.05) is 30.3 Å². The Labute approximate surface area is 138 Å². The lowest BCUT2D eigenvalue weighted by molar-refractivity contribution is -0.0212. The first kappa shape index (κ1) is 16.4. The lowest BCUT2D eigenvalue weighted by Crippen LogP contribution is -2.45. The molecule has 1 aromatic carbocycles. The van der Waals surface area contributed by atoms with Crippen molar-refractivity contribution in [1.82, 2.24) is 14.9 Å². The lowest BCUT2D eigenvalue weighted by atomic mass is 9.84. The SMILES string of the molecule is O=C(c1cc(C(F)F)ncn1)N1CCC(O)(c2ccccc2)CC1. The molecule has 1 saturated heterocycles. The van der Waals surface area contributed by atoms with Gasteiger partial charge in [-0.3, -0.25) is 4.79 Å². The number of rotatable bonds is 3. The van der Waals surface area contributed by atoms with Crippen molar-refractivity contribution in [1.29, 1.82) is 0 Å². The van der Waals surface area contributed by atoms with Crippen molar-refractivity contribution in [2.75, 3.05) is 13.1 Å². The number of aliphatic hydroxyl groups is 1. The van der Waals surface area contributed by atoms with Crippen molar-refractivity contribution in [2.45, 2.75) is 24.9 Å². The zero-order chi connectivity index (χ0) is 17.2. The molecule has 1 aliphatic heterocycles. The standard InChI is InChI=1S/C17H17F2N3O2/c18-15(19)13-10-14(21-11-20-13)16(23)22-8-6-17(24,7-9-22)12-4-2-1-3-5-12/h1-5,10-11,15,24H,6-9H2. The zero-order valence-electron chi connectivity index (χ0n) is 12.9. The second-order valence-electron chi connectivity index (χ2n) is 5.82. The molecule has 1 aromatic heterocycles. The number of benzene rings is 1. The first-order chi connectivity index (χ1) is 11.5. The van der Waals surface area contributed by atoms with E-state index >= 15 is 0 Å². The fraction of sp³-hybridized carbons (Fsp3) is 0.353. The maximum atomic E-state index is 12.7. The third kappa shape index (κ3) is 3.26. The summed E-state index contributed by atoms with van der Waals surface area (Å²) in [5.41, 5.74) is -0.673. The number of carbonyl (C=O) groups is 1. The Bertz CT molecular complexity index is 717. The van der Waals surface area contributed by atoms with E-state index in [4.69, 9.17) is 0 Å². The highest BCUT2D eigenvalue weighted by atomic mass is 19.3. The molecule has 0 spiro atoms. The predicted octanol–water partition coefficient (Wildman–Crippen LogP) is 2.54. The molecule has 2 aromatic rings. The monoisotopic (exact) mass is 333 g/mol. The molecule has 126 valence electrons. The van der Waals surface area contributed by atoms with Crippen molar-refractivity contribution in [3.05, 3.63) is 59.7 Å². The summed E-state index contributed by atoms with van der Waals surface area (Å²) in [6, 6.07) is 10.3. The van der Waals surface area contributed by atoms with Crippen LogP contribution in [0, 0.1) is 0 Å². The van der Waals surface area contributed by atoms with Crippen LogP contribution in [-0.2, 0) is 5.60 Å². The van der Waals surface area contributed by atoms with E-state index in [2.05, 4.69) is 9.97 Å². The Balaban J connectivity index is 1.70. The van der Waals surface area contributed by atoms with E-state index in [0.29, 0.717) is 25.9 Å². The average molecular weight is 333 g/mol. The number of aromatic nitrogens is 2. The van der Waals surface area contributed by atoms with Crippen LogP contribution >= 0.6 is 0 Å². The third-order valence-corrected chi connectivity index (χ3v) is 4.32. The summed E-state index contributed by atoms with van der Waals surface area (Å²) in [7, 11) is 0. The number of alkyl halides is 2. The van der Waals surface area contributed by atoms with E-state index in [-0.39, 0.29) is 5.69 Å². The third-order valence-electron chi connectivity index (χ3n) is 4.32. The summed E-state index contributed by atoms with van der Waals surface area (Å²) in [6.07, 6.45) is -1.01. The number of carbonyl (C=O) groups excluding carboxylic acids is 1. The van der Waals surface area contributed by atoms with Crippen LogP contribution in [0.1, 0.15) is 41.0 Å². The Morgan fingerprint density at radius 2 is 1.83 bits per heavy atom. The summed E-state index contributed by atoms with van der Waals surface area (Å²) in [6.45, 7) is 0.663. The average Bonchev–Trinajstić information content (AvgIpc) is 2.62. The Morgan fingerprint density at radius 3 is 2.46 bits per heavy atom. The summed E-state index contributed by atoms with van der Waals surface area (Å²) in [5, 5.41) is 10.8. The van der Waals surface area contributed by atoms with Crippen LogP contribution in [0.3, 0.4) is 0 Å². The lowest BCUT2D eigenvalue weighted by Gasteiger charge is -2.38. The van der Waals surface area contributed by atoms with Gasteiger partial charge in [0.15, 0.2) is 0 Å². The number of amides is 1. The molecule has 3 rings (SSSR count). The van der Waals surface area contributed by atoms with E-state index in [1.54, 1.807) is 0 Å². The maximum absolute atomic E-state index is 12.7. The van der Waals surface area contributed by atoms with Crippen LogP contribution < -0.4 is 0 Å². The van der Waals surface area contributed by atoms with Crippen molar-refractivity contribution < 1.29 is 18.7 Å². The molecule has 1 fully saturated rings. The van der Waals surface area contributed by atoms with Gasteiger partial charge in [0, 0.05) is 13.1 Å². The van der Waals surface area contributed by atoms with Crippen molar-refractivity contribution >= 4 is 5.91 Å². The maximum Gasteiger partial charge on any atom is 0.280 e. The number of likely N-dealkylation sites (tertiary alicyclic amines) is 1. The molecular weight excluding hydrogens is 316 g/mol. The van der Waals surface area contributed by atoms with E-state index in [9.17, 15) is 18.7 Å². The summed E-state index contributed by atoms with van der Waals surface area (Å²) >= 11 is 0. The van der Waals surface area contributed by atoms with Gasteiger partial charge in [-0.1, -0.05) is 30.3 Å². The molecule has 0 aliphatic carbocycles. The molecule has 1 amide bonds. The number of hydrogen-bond acceptors (Lipinski definition) is 4. The quantitative estimate of drug-likeness (QED) is 0.937. The van der Waals surface area contributed by atoms with Gasteiger partial charge in [-0.15, -0.1) is 0 Å². The fourth-order valence-electron chi connectivity index (χ4n) is 2.89. The van der Waals surface area contributed by atoms with Crippen LogP contribution in [-0.4, -0.2) is 39.0 Å². The Hall–Kier alpha value is -2.41. The minimum Gasteiger partial charge on any atom is -0.385 e. The van der Waals surface area contributed by atoms with Gasteiger partial charge in [0.1, 0.15) is 17.7 Å². The molecule has 1 N–H and O–H groups in total. The minimum atomic E-state index is -2.75. The first-order valence-electron chi connectivity index (χ1n) is 7.67. The second-order valence-corrected chi connectivity index (χ2v) is 5.82. The summed E-state index contributed by atoms with van der Waals surface area (Å²) in [5.74, 6) is -0.422. The topological polar surface area (TPSA) is 66.3 Å². The van der Waals surface area contributed by atoms with Gasteiger partial charge in [0.25, 0.3) is 12.3 Å². The summed E-state index contributed by atoms with van der Waals surface area (Å²) < 4.78 is 25.4. The van der Waals surface area contributed by atoms with Gasteiger partial charge >= 0.3 is 0 Å². The zero-order valence-corrected chi connectivity index (χ0v) is 12.9. The largest absolute Gasteiger partial charge is 0.385 e. The van der Waals surface area contributed by atoms with Gasteiger partial charge in [0.2, 0.25) is 0 Å². The van der Waals surface area contributed by atoms with E-state index < -0.39 is 23.6 Å². The second kappa shape index (κ2) is 6.60. The number of piperidine rings is 1. The predicted molar refractivity (Wildman–Crippen MR) is 82.5 cm³/mol. The van der Waals surface area contributed by atoms with E-state index in [1.165, 1.54) is 4.90 Å². The molecule has 0 saturated carbocycles.